The molecule has 2 N–H and O–H groups in total. The maximum absolute atomic E-state index is 13.3. The molecule has 10 heteroatoms. The average Bonchev–Trinajstić information content (AvgIpc) is 3.48. The Balaban J connectivity index is 1.43. The lowest BCUT2D eigenvalue weighted by atomic mass is 10.1. The van der Waals surface area contributed by atoms with Gasteiger partial charge in [0.05, 0.1) is 24.2 Å². The molecule has 2 atom stereocenters. The van der Waals surface area contributed by atoms with Crippen LogP contribution in [0.2, 0.25) is 0 Å². The highest BCUT2D eigenvalue weighted by molar-refractivity contribution is 8.14. The number of carbonyl (C=O) groups is 3. The number of amides is 3. The van der Waals surface area contributed by atoms with Crippen molar-refractivity contribution in [2.24, 2.45) is 9.98 Å². The number of aliphatic imine (C=N–C) groups is 2. The highest BCUT2D eigenvalue weighted by atomic mass is 32.2. The quantitative estimate of drug-likeness (QED) is 0.571. The highest BCUT2D eigenvalue weighted by Gasteiger charge is 2.41. The van der Waals surface area contributed by atoms with E-state index in [4.69, 9.17) is 4.42 Å². The van der Waals surface area contributed by atoms with E-state index >= 15 is 0 Å². The fourth-order valence-corrected chi connectivity index (χ4v) is 4.40. The molecular formula is C24H27N5O4S. The maximum atomic E-state index is 13.3. The molecule has 4 rings (SSSR count). The van der Waals surface area contributed by atoms with Crippen LogP contribution in [0.1, 0.15) is 44.4 Å². The summed E-state index contributed by atoms with van der Waals surface area (Å²) in [7, 11) is 0. The monoisotopic (exact) mass is 481 g/mol. The Morgan fingerprint density at radius 3 is 2.79 bits per heavy atom. The molecule has 2 aromatic rings. The summed E-state index contributed by atoms with van der Waals surface area (Å²) in [5.74, 6) is 0.783. The molecule has 3 heterocycles. The van der Waals surface area contributed by atoms with E-state index < -0.39 is 6.04 Å². The third-order valence-corrected chi connectivity index (χ3v) is 6.52. The van der Waals surface area contributed by atoms with Crippen molar-refractivity contribution in [3.63, 3.8) is 0 Å². The van der Waals surface area contributed by atoms with E-state index in [0.29, 0.717) is 29.0 Å². The lowest BCUT2D eigenvalue weighted by Gasteiger charge is -2.25. The normalized spacial score (nSPS) is 17.4. The fraction of sp³-hybridized carbons (Fsp3) is 0.375. The van der Waals surface area contributed by atoms with E-state index in [-0.39, 0.29) is 42.4 Å². The zero-order valence-corrected chi connectivity index (χ0v) is 19.9. The van der Waals surface area contributed by atoms with Crippen LogP contribution in [-0.4, -0.2) is 51.5 Å². The van der Waals surface area contributed by atoms with Crippen molar-refractivity contribution >= 4 is 46.2 Å². The van der Waals surface area contributed by atoms with Crippen LogP contribution in [0.5, 0.6) is 0 Å². The van der Waals surface area contributed by atoms with Crippen molar-refractivity contribution in [1.29, 1.82) is 0 Å². The highest BCUT2D eigenvalue weighted by Crippen LogP contribution is 2.34. The van der Waals surface area contributed by atoms with Gasteiger partial charge in [0.15, 0.2) is 5.17 Å². The number of nitrogens with zero attached hydrogens (tertiary/aromatic N) is 3. The van der Waals surface area contributed by atoms with Gasteiger partial charge in [-0.1, -0.05) is 30.8 Å². The van der Waals surface area contributed by atoms with E-state index in [1.165, 1.54) is 16.7 Å². The van der Waals surface area contributed by atoms with Crippen molar-refractivity contribution in [3.05, 3.63) is 54.0 Å². The predicted octanol–water partition coefficient (Wildman–Crippen LogP) is 2.98. The Bertz CT molecular complexity index is 1130. The molecular weight excluding hydrogens is 454 g/mol. The van der Waals surface area contributed by atoms with Crippen molar-refractivity contribution in [2.45, 2.75) is 51.7 Å². The largest absolute Gasteiger partial charge is 0.467 e. The van der Waals surface area contributed by atoms with Crippen LogP contribution in [0.15, 0.2) is 57.1 Å². The average molecular weight is 482 g/mol. The summed E-state index contributed by atoms with van der Waals surface area (Å²) in [4.78, 5) is 48.6. The van der Waals surface area contributed by atoms with Gasteiger partial charge in [0.25, 0.3) is 5.91 Å². The molecule has 0 saturated carbocycles. The number of benzene rings is 1. The molecule has 3 amide bonds. The topological polar surface area (TPSA) is 116 Å². The minimum absolute atomic E-state index is 0.0796. The van der Waals surface area contributed by atoms with Gasteiger partial charge in [-0.15, -0.1) is 0 Å². The number of thioether (sulfide) groups is 1. The first-order valence-electron chi connectivity index (χ1n) is 11.3. The Morgan fingerprint density at radius 2 is 2.03 bits per heavy atom. The molecule has 0 unspecified atom stereocenters. The molecule has 0 radical (unpaired) electrons. The van der Waals surface area contributed by atoms with E-state index in [1.54, 1.807) is 18.4 Å². The Hall–Kier alpha value is -3.40. The zero-order chi connectivity index (χ0) is 24.1. The molecule has 0 aliphatic carbocycles. The van der Waals surface area contributed by atoms with Gasteiger partial charge in [-0.2, -0.15) is 0 Å². The Labute approximate surface area is 202 Å². The molecule has 178 valence electrons. The van der Waals surface area contributed by atoms with Crippen LogP contribution in [-0.2, 0) is 20.9 Å². The van der Waals surface area contributed by atoms with E-state index in [9.17, 15) is 14.4 Å². The lowest BCUT2D eigenvalue weighted by molar-refractivity contribution is -0.125. The number of hydrogen-bond acceptors (Lipinski definition) is 7. The summed E-state index contributed by atoms with van der Waals surface area (Å²) in [6.45, 7) is 4.25. The molecule has 2 aliphatic rings. The van der Waals surface area contributed by atoms with Crippen LogP contribution < -0.4 is 10.6 Å². The van der Waals surface area contributed by atoms with Crippen molar-refractivity contribution in [3.8, 4) is 0 Å². The number of nitrogens with one attached hydrogen (secondary N) is 2. The first-order chi connectivity index (χ1) is 16.5. The van der Waals surface area contributed by atoms with E-state index in [0.717, 1.165) is 12.0 Å². The SMILES string of the molecule is CC[C@H](C)NC(=O)CSC1=Nc2ccccc2C2=N[C@@H](CCC(=O)NCc3ccco3)C(=O)N12. The predicted molar refractivity (Wildman–Crippen MR) is 131 cm³/mol. The van der Waals surface area contributed by atoms with Gasteiger partial charge in [0.2, 0.25) is 11.8 Å². The van der Waals surface area contributed by atoms with Gasteiger partial charge < -0.3 is 15.1 Å². The number of amidine groups is 2. The second kappa shape index (κ2) is 10.7. The number of fused-ring (bicyclic) bond motifs is 3. The van der Waals surface area contributed by atoms with Gasteiger partial charge in [0, 0.05) is 18.0 Å². The van der Waals surface area contributed by atoms with Crippen LogP contribution in [0.3, 0.4) is 0 Å². The molecule has 0 saturated heterocycles. The number of para-hydroxylation sites is 1. The number of rotatable bonds is 9. The molecule has 0 bridgehead atoms. The molecule has 1 aromatic heterocycles. The maximum Gasteiger partial charge on any atom is 0.259 e. The van der Waals surface area contributed by atoms with Crippen molar-refractivity contribution < 1.29 is 18.8 Å². The molecule has 0 fully saturated rings. The second-order valence-electron chi connectivity index (χ2n) is 8.11. The minimum atomic E-state index is -0.685. The Kier molecular flexibility index (Phi) is 7.46. The Morgan fingerprint density at radius 1 is 1.21 bits per heavy atom. The van der Waals surface area contributed by atoms with E-state index in [1.807, 2.05) is 38.1 Å². The zero-order valence-electron chi connectivity index (χ0n) is 19.1. The van der Waals surface area contributed by atoms with Crippen molar-refractivity contribution in [2.75, 3.05) is 5.75 Å². The van der Waals surface area contributed by atoms with Gasteiger partial charge in [-0.3, -0.25) is 19.4 Å². The first-order valence-corrected chi connectivity index (χ1v) is 12.3. The third-order valence-electron chi connectivity index (χ3n) is 5.58. The van der Waals surface area contributed by atoms with Crippen molar-refractivity contribution in [1.82, 2.24) is 15.5 Å². The first kappa shape index (κ1) is 23.7. The minimum Gasteiger partial charge on any atom is -0.467 e. The summed E-state index contributed by atoms with van der Waals surface area (Å²) in [6, 6.07) is 10.4. The second-order valence-corrected chi connectivity index (χ2v) is 9.06. The molecule has 1 aromatic carbocycles. The van der Waals surface area contributed by atoms with E-state index in [2.05, 4.69) is 20.6 Å². The summed E-state index contributed by atoms with van der Waals surface area (Å²) in [5, 5.41) is 6.13. The van der Waals surface area contributed by atoms with Crippen LogP contribution in [0.25, 0.3) is 0 Å². The summed E-state index contributed by atoms with van der Waals surface area (Å²) < 4.78 is 5.21. The van der Waals surface area contributed by atoms with Crippen LogP contribution in [0, 0.1) is 0 Å². The molecule has 0 spiro atoms. The van der Waals surface area contributed by atoms with Gasteiger partial charge in [0.1, 0.15) is 17.6 Å². The number of furan rings is 1. The molecule has 2 aliphatic heterocycles. The molecule has 9 nitrogen and oxygen atoms in total. The van der Waals surface area contributed by atoms with Gasteiger partial charge >= 0.3 is 0 Å². The smallest absolute Gasteiger partial charge is 0.259 e. The lowest BCUT2D eigenvalue weighted by Crippen LogP contribution is -2.42. The van der Waals surface area contributed by atoms with Gasteiger partial charge in [-0.05, 0) is 44.0 Å². The summed E-state index contributed by atoms with van der Waals surface area (Å²) >= 11 is 1.21. The van der Waals surface area contributed by atoms with Crippen LogP contribution in [0.4, 0.5) is 5.69 Å². The number of hydrogen-bond donors (Lipinski definition) is 2. The summed E-state index contributed by atoms with van der Waals surface area (Å²) in [6.07, 6.45) is 2.81. The summed E-state index contributed by atoms with van der Waals surface area (Å²) in [5.41, 5.74) is 1.46. The van der Waals surface area contributed by atoms with Gasteiger partial charge in [-0.25, -0.2) is 9.89 Å². The third kappa shape index (κ3) is 5.39. The fourth-order valence-electron chi connectivity index (χ4n) is 3.59. The standard InChI is InChI=1S/C24H27N5O4S/c1-3-15(2)26-21(31)14-34-24-28-18-9-5-4-8-17(18)22-27-19(23(32)29(22)24)10-11-20(30)25-13-16-7-6-12-33-16/h4-9,12,15,19H,3,10-11,13-14H2,1-2H3,(H,25,30)(H,26,31)/t15-,19-/m0/s1. The number of carbonyl (C=O) groups excluding carboxylic acids is 3. The molecule has 34 heavy (non-hydrogen) atoms. The van der Waals surface area contributed by atoms with Crippen LogP contribution >= 0.6 is 11.8 Å².